The lowest BCUT2D eigenvalue weighted by Gasteiger charge is -2.14. The minimum Gasteiger partial charge on any atom is -0.267 e. The Kier molecular flexibility index (Phi) is 5.65. The van der Waals surface area contributed by atoms with Gasteiger partial charge in [0.15, 0.2) is 9.84 Å². The lowest BCUT2D eigenvalue weighted by atomic mass is 9.98. The number of aromatic nitrogens is 2. The van der Waals surface area contributed by atoms with Crippen LogP contribution in [0.25, 0.3) is 20.8 Å². The first kappa shape index (κ1) is 19.9. The van der Waals surface area contributed by atoms with Crippen molar-refractivity contribution in [1.29, 1.82) is 0 Å². The van der Waals surface area contributed by atoms with Crippen LogP contribution >= 0.6 is 22.9 Å². The van der Waals surface area contributed by atoms with Gasteiger partial charge in [0.25, 0.3) is 5.56 Å². The molecule has 3 rings (SSSR count). The fourth-order valence-corrected chi connectivity index (χ4v) is 4.81. The van der Waals surface area contributed by atoms with E-state index in [9.17, 15) is 13.2 Å². The molecule has 0 saturated heterocycles. The fourth-order valence-electron chi connectivity index (χ4n) is 2.91. The fraction of sp³-hybridized carbons (Fsp3) is 0.316. The number of rotatable bonds is 5. The molecule has 8 heteroatoms. The number of benzene rings is 1. The molecule has 0 spiro atoms. The van der Waals surface area contributed by atoms with Gasteiger partial charge < -0.3 is 0 Å². The molecule has 0 atom stereocenters. The third kappa shape index (κ3) is 4.20. The van der Waals surface area contributed by atoms with Crippen LogP contribution in [0, 0.1) is 0 Å². The lowest BCUT2D eigenvalue weighted by molar-refractivity contribution is 0.598. The average Bonchev–Trinajstić information content (AvgIpc) is 2.61. The third-order valence-corrected chi connectivity index (χ3v) is 6.83. The monoisotopic (exact) mass is 422 g/mol. The van der Waals surface area contributed by atoms with E-state index in [1.165, 1.54) is 23.7 Å². The maximum atomic E-state index is 12.4. The van der Waals surface area contributed by atoms with Crippen molar-refractivity contribution in [2.45, 2.75) is 37.5 Å². The zero-order chi connectivity index (χ0) is 19.8. The SMILES string of the molecule is CCC(CC)c1cc(S(C)(=O)=O)cc(-c2nc(=O)c3ccc(Cl)cc3s2)n1. The predicted octanol–water partition coefficient (Wildman–Crippen LogP) is 4.68. The number of sulfone groups is 1. The molecule has 0 aliphatic rings. The number of pyridine rings is 1. The van der Waals surface area contributed by atoms with Gasteiger partial charge in [0.1, 0.15) is 10.7 Å². The van der Waals surface area contributed by atoms with Crippen molar-refractivity contribution < 1.29 is 8.42 Å². The quantitative estimate of drug-likeness (QED) is 0.596. The molecular formula is C19H19ClN2O3S2. The van der Waals surface area contributed by atoms with E-state index >= 15 is 0 Å². The Morgan fingerprint density at radius 1 is 1.11 bits per heavy atom. The van der Waals surface area contributed by atoms with E-state index in [1.807, 2.05) is 13.8 Å². The molecule has 0 saturated carbocycles. The summed E-state index contributed by atoms with van der Waals surface area (Å²) in [5.41, 5.74) is 0.709. The molecule has 0 aliphatic carbocycles. The Balaban J connectivity index is 2.28. The van der Waals surface area contributed by atoms with Crippen LogP contribution in [0.15, 0.2) is 40.0 Å². The highest BCUT2D eigenvalue weighted by molar-refractivity contribution is 7.90. The van der Waals surface area contributed by atoms with Gasteiger partial charge in [-0.1, -0.05) is 25.4 Å². The number of fused-ring (bicyclic) bond motifs is 1. The number of nitrogens with zero attached hydrogens (tertiary/aromatic N) is 2. The average molecular weight is 423 g/mol. The summed E-state index contributed by atoms with van der Waals surface area (Å²) >= 11 is 7.32. The van der Waals surface area contributed by atoms with E-state index in [2.05, 4.69) is 9.97 Å². The predicted molar refractivity (Wildman–Crippen MR) is 111 cm³/mol. The molecule has 3 aromatic rings. The molecule has 0 unspecified atom stereocenters. The van der Waals surface area contributed by atoms with Crippen molar-refractivity contribution in [3.63, 3.8) is 0 Å². The topological polar surface area (TPSA) is 77.0 Å². The third-order valence-electron chi connectivity index (χ3n) is 4.45. The minimum absolute atomic E-state index is 0.136. The van der Waals surface area contributed by atoms with Gasteiger partial charge in [0, 0.05) is 27.6 Å². The van der Waals surface area contributed by atoms with E-state index in [0.717, 1.165) is 12.8 Å². The summed E-state index contributed by atoms with van der Waals surface area (Å²) in [5, 5.41) is 1.38. The molecule has 0 bridgehead atoms. The number of hydrogen-bond acceptors (Lipinski definition) is 6. The second-order valence-electron chi connectivity index (χ2n) is 6.36. The molecule has 2 aromatic heterocycles. The Hall–Kier alpha value is -1.83. The van der Waals surface area contributed by atoms with E-state index in [-0.39, 0.29) is 16.4 Å². The van der Waals surface area contributed by atoms with Gasteiger partial charge in [-0.05, 0) is 43.2 Å². The first-order valence-corrected chi connectivity index (χ1v) is 11.6. The normalized spacial score (nSPS) is 12.0. The molecule has 27 heavy (non-hydrogen) atoms. The van der Waals surface area contributed by atoms with Crippen molar-refractivity contribution in [2.24, 2.45) is 0 Å². The smallest absolute Gasteiger partial charge is 0.267 e. The van der Waals surface area contributed by atoms with Crippen LogP contribution in [0.1, 0.15) is 38.3 Å². The summed E-state index contributed by atoms with van der Waals surface area (Å²) in [6.07, 6.45) is 2.85. The first-order valence-electron chi connectivity index (χ1n) is 8.55. The standard InChI is InChI=1S/C19H19ClN2O3S2/c1-4-11(5-2)15-9-13(27(3,24)25)10-16(21-15)19-22-18(23)14-7-6-12(20)8-17(14)26-19/h6-11H,4-5H2,1-3H3. The molecule has 0 radical (unpaired) electrons. The first-order chi connectivity index (χ1) is 12.7. The Bertz CT molecular complexity index is 1170. The van der Waals surface area contributed by atoms with E-state index < -0.39 is 9.84 Å². The highest BCUT2D eigenvalue weighted by Gasteiger charge is 2.18. The van der Waals surface area contributed by atoms with Crippen LogP contribution in [-0.2, 0) is 9.84 Å². The summed E-state index contributed by atoms with van der Waals surface area (Å²) in [5.74, 6) is 0.136. The van der Waals surface area contributed by atoms with Crippen molar-refractivity contribution in [3.8, 4) is 10.7 Å². The minimum atomic E-state index is -3.43. The van der Waals surface area contributed by atoms with Gasteiger partial charge in [-0.25, -0.2) is 13.4 Å². The highest BCUT2D eigenvalue weighted by Crippen LogP contribution is 2.31. The van der Waals surface area contributed by atoms with Gasteiger partial charge in [-0.2, -0.15) is 4.98 Å². The largest absolute Gasteiger partial charge is 0.279 e. The summed E-state index contributed by atoms with van der Waals surface area (Å²) in [7, 11) is -3.43. The van der Waals surface area contributed by atoms with Gasteiger partial charge in [0.05, 0.1) is 10.3 Å². The van der Waals surface area contributed by atoms with E-state index in [1.54, 1.807) is 24.3 Å². The molecule has 2 heterocycles. The molecule has 0 aliphatic heterocycles. The second-order valence-corrected chi connectivity index (χ2v) is 9.85. The zero-order valence-corrected chi connectivity index (χ0v) is 17.6. The summed E-state index contributed by atoms with van der Waals surface area (Å²) in [6, 6.07) is 8.10. The van der Waals surface area contributed by atoms with Gasteiger partial charge in [-0.15, -0.1) is 11.3 Å². The van der Waals surface area contributed by atoms with E-state index in [4.69, 9.17) is 11.6 Å². The lowest BCUT2D eigenvalue weighted by Crippen LogP contribution is -2.09. The maximum Gasteiger partial charge on any atom is 0.279 e. The van der Waals surface area contributed by atoms with Crippen LogP contribution in [0.5, 0.6) is 0 Å². The summed E-state index contributed by atoms with van der Waals surface area (Å²) < 4.78 is 25.0. The van der Waals surface area contributed by atoms with Gasteiger partial charge >= 0.3 is 0 Å². The zero-order valence-electron chi connectivity index (χ0n) is 15.2. The maximum absolute atomic E-state index is 12.4. The highest BCUT2D eigenvalue weighted by atomic mass is 35.5. The molecule has 0 amide bonds. The van der Waals surface area contributed by atoms with Crippen molar-refractivity contribution in [3.05, 3.63) is 51.4 Å². The van der Waals surface area contributed by atoms with Crippen LogP contribution in [-0.4, -0.2) is 24.6 Å². The van der Waals surface area contributed by atoms with Crippen LogP contribution in [0.3, 0.4) is 0 Å². The Labute approximate surface area is 167 Å². The molecule has 0 N–H and O–H groups in total. The van der Waals surface area contributed by atoms with Crippen molar-refractivity contribution in [2.75, 3.05) is 6.26 Å². The molecular weight excluding hydrogens is 404 g/mol. The van der Waals surface area contributed by atoms with Gasteiger partial charge in [0.2, 0.25) is 0 Å². The molecule has 1 aromatic carbocycles. The van der Waals surface area contributed by atoms with Crippen LogP contribution < -0.4 is 5.56 Å². The van der Waals surface area contributed by atoms with E-state index in [0.29, 0.717) is 31.5 Å². The van der Waals surface area contributed by atoms with Crippen molar-refractivity contribution in [1.82, 2.24) is 9.97 Å². The number of hydrogen-bond donors (Lipinski definition) is 0. The Morgan fingerprint density at radius 3 is 2.44 bits per heavy atom. The molecule has 0 fully saturated rings. The molecule has 142 valence electrons. The van der Waals surface area contributed by atoms with Crippen molar-refractivity contribution >= 4 is 42.9 Å². The summed E-state index contributed by atoms with van der Waals surface area (Å²) in [6.45, 7) is 4.08. The molecule has 5 nitrogen and oxygen atoms in total. The second kappa shape index (κ2) is 7.66. The summed E-state index contributed by atoms with van der Waals surface area (Å²) in [4.78, 5) is 21.4. The number of halogens is 1. The van der Waals surface area contributed by atoms with Crippen LogP contribution in [0.2, 0.25) is 5.02 Å². The Morgan fingerprint density at radius 2 is 1.81 bits per heavy atom. The van der Waals surface area contributed by atoms with Crippen LogP contribution in [0.4, 0.5) is 0 Å². The van der Waals surface area contributed by atoms with Gasteiger partial charge in [-0.3, -0.25) is 4.79 Å².